The zero-order chi connectivity index (χ0) is 14.5. The van der Waals surface area contributed by atoms with Gasteiger partial charge in [-0.15, -0.1) is 0 Å². The molecule has 0 amide bonds. The van der Waals surface area contributed by atoms with E-state index in [1.165, 1.54) is 5.56 Å². The summed E-state index contributed by atoms with van der Waals surface area (Å²) < 4.78 is 7.16. The van der Waals surface area contributed by atoms with E-state index in [1.54, 1.807) is 7.11 Å². The Labute approximate surface area is 132 Å². The summed E-state index contributed by atoms with van der Waals surface area (Å²) in [6, 6.07) is 4.10. The van der Waals surface area contributed by atoms with Gasteiger partial charge in [-0.25, -0.2) is 0 Å². The van der Waals surface area contributed by atoms with Crippen LogP contribution in [0.3, 0.4) is 0 Å². The van der Waals surface area contributed by atoms with E-state index in [0.29, 0.717) is 0 Å². The molecule has 3 nitrogen and oxygen atoms in total. The smallest absolute Gasteiger partial charge is 0.147 e. The zero-order valence-corrected chi connectivity index (χ0v) is 14.8. The summed E-state index contributed by atoms with van der Waals surface area (Å²) in [5.41, 5.74) is 1.29. The van der Waals surface area contributed by atoms with Crippen LogP contribution >= 0.6 is 31.9 Å². The van der Waals surface area contributed by atoms with Crippen molar-refractivity contribution in [2.75, 3.05) is 20.3 Å². The van der Waals surface area contributed by atoms with E-state index >= 15 is 0 Å². The number of hydrogen-bond donors (Lipinski definition) is 2. The molecule has 1 aromatic carbocycles. The van der Waals surface area contributed by atoms with Gasteiger partial charge in [-0.05, 0) is 61.4 Å². The molecule has 0 aliphatic heterocycles. The fraction of sp³-hybridized carbons (Fsp3) is 0.571. The van der Waals surface area contributed by atoms with Crippen LogP contribution in [0.1, 0.15) is 25.8 Å². The SMILES string of the molecule is COc1c(Br)cc(CNCC(C)(C)CCO)cc1Br. The molecular weight excluding hydrogens is 374 g/mol. The van der Waals surface area contributed by atoms with E-state index in [2.05, 4.69) is 63.2 Å². The van der Waals surface area contributed by atoms with Gasteiger partial charge >= 0.3 is 0 Å². The molecule has 0 heterocycles. The van der Waals surface area contributed by atoms with Crippen LogP contribution in [0.5, 0.6) is 5.75 Å². The highest BCUT2D eigenvalue weighted by Crippen LogP contribution is 2.34. The number of nitrogens with one attached hydrogen (secondary N) is 1. The van der Waals surface area contributed by atoms with Crippen LogP contribution in [0.4, 0.5) is 0 Å². The molecule has 5 heteroatoms. The lowest BCUT2D eigenvalue weighted by Crippen LogP contribution is -2.29. The Kier molecular flexibility index (Phi) is 6.80. The molecule has 1 aromatic rings. The topological polar surface area (TPSA) is 41.5 Å². The molecule has 0 aliphatic rings. The Morgan fingerprint density at radius 1 is 1.26 bits per heavy atom. The average Bonchev–Trinajstić information content (AvgIpc) is 2.28. The van der Waals surface area contributed by atoms with Crippen LogP contribution in [0.15, 0.2) is 21.1 Å². The van der Waals surface area contributed by atoms with Crippen molar-refractivity contribution in [2.24, 2.45) is 5.41 Å². The van der Waals surface area contributed by atoms with Gasteiger partial charge in [0.25, 0.3) is 0 Å². The van der Waals surface area contributed by atoms with E-state index in [9.17, 15) is 0 Å². The molecule has 0 aromatic heterocycles. The number of aliphatic hydroxyl groups excluding tert-OH is 1. The van der Waals surface area contributed by atoms with Crippen LogP contribution in [-0.2, 0) is 6.54 Å². The average molecular weight is 395 g/mol. The molecule has 0 fully saturated rings. The Bertz CT molecular complexity index is 399. The van der Waals surface area contributed by atoms with E-state index < -0.39 is 0 Å². The maximum Gasteiger partial charge on any atom is 0.147 e. The molecule has 0 aliphatic carbocycles. The van der Waals surface area contributed by atoms with Crippen LogP contribution in [0.2, 0.25) is 0 Å². The number of hydrogen-bond acceptors (Lipinski definition) is 3. The monoisotopic (exact) mass is 393 g/mol. The van der Waals surface area contributed by atoms with Crippen LogP contribution in [-0.4, -0.2) is 25.4 Å². The third-order valence-electron chi connectivity index (χ3n) is 2.98. The van der Waals surface area contributed by atoms with Crippen molar-refractivity contribution < 1.29 is 9.84 Å². The first-order valence-electron chi connectivity index (χ1n) is 6.23. The summed E-state index contributed by atoms with van der Waals surface area (Å²) in [5, 5.41) is 12.4. The molecule has 1 rings (SSSR count). The van der Waals surface area contributed by atoms with E-state index in [0.717, 1.165) is 34.2 Å². The first kappa shape index (κ1) is 17.0. The maximum atomic E-state index is 8.99. The van der Waals surface area contributed by atoms with Crippen molar-refractivity contribution in [2.45, 2.75) is 26.8 Å². The molecule has 0 saturated heterocycles. The Balaban J connectivity index is 2.59. The molecule has 19 heavy (non-hydrogen) atoms. The lowest BCUT2D eigenvalue weighted by Gasteiger charge is -2.24. The van der Waals surface area contributed by atoms with Gasteiger partial charge in [0.1, 0.15) is 5.75 Å². The highest BCUT2D eigenvalue weighted by atomic mass is 79.9. The summed E-state index contributed by atoms with van der Waals surface area (Å²) in [6.07, 6.45) is 0.802. The van der Waals surface area contributed by atoms with Gasteiger partial charge in [0.05, 0.1) is 16.1 Å². The van der Waals surface area contributed by atoms with Gasteiger partial charge < -0.3 is 15.2 Å². The highest BCUT2D eigenvalue weighted by Gasteiger charge is 2.16. The Hall–Kier alpha value is -0.100. The number of ether oxygens (including phenoxy) is 1. The molecule has 108 valence electrons. The minimum Gasteiger partial charge on any atom is -0.494 e. The van der Waals surface area contributed by atoms with Gasteiger partial charge in [0.15, 0.2) is 0 Å². The lowest BCUT2D eigenvalue weighted by molar-refractivity contribution is 0.207. The van der Waals surface area contributed by atoms with Crippen LogP contribution in [0, 0.1) is 5.41 Å². The minimum atomic E-state index is 0.107. The predicted octanol–water partition coefficient (Wildman–Crippen LogP) is 3.72. The van der Waals surface area contributed by atoms with Crippen molar-refractivity contribution in [3.8, 4) is 5.75 Å². The maximum absolute atomic E-state index is 8.99. The number of methoxy groups -OCH3 is 1. The third-order valence-corrected chi connectivity index (χ3v) is 4.16. The van der Waals surface area contributed by atoms with Crippen molar-refractivity contribution in [1.29, 1.82) is 0 Å². The molecule has 0 saturated carbocycles. The Morgan fingerprint density at radius 2 is 1.84 bits per heavy atom. The molecule has 0 atom stereocenters. The van der Waals surface area contributed by atoms with Gasteiger partial charge in [-0.2, -0.15) is 0 Å². The molecular formula is C14H21Br2NO2. The van der Waals surface area contributed by atoms with Crippen molar-refractivity contribution in [3.63, 3.8) is 0 Å². The van der Waals surface area contributed by atoms with E-state index in [4.69, 9.17) is 9.84 Å². The van der Waals surface area contributed by atoms with Gasteiger partial charge in [-0.1, -0.05) is 13.8 Å². The van der Waals surface area contributed by atoms with Gasteiger partial charge in [0, 0.05) is 19.7 Å². The summed E-state index contributed by atoms with van der Waals surface area (Å²) in [7, 11) is 1.65. The van der Waals surface area contributed by atoms with Crippen LogP contribution < -0.4 is 10.1 Å². The first-order chi connectivity index (χ1) is 8.89. The van der Waals surface area contributed by atoms with Gasteiger partial charge in [0.2, 0.25) is 0 Å². The van der Waals surface area contributed by atoms with Crippen molar-refractivity contribution in [3.05, 3.63) is 26.6 Å². The van der Waals surface area contributed by atoms with Crippen LogP contribution in [0.25, 0.3) is 0 Å². The summed E-state index contributed by atoms with van der Waals surface area (Å²) >= 11 is 7.00. The summed E-state index contributed by atoms with van der Waals surface area (Å²) in [5.74, 6) is 0.810. The largest absolute Gasteiger partial charge is 0.494 e. The molecule has 0 spiro atoms. The number of benzene rings is 1. The quantitative estimate of drug-likeness (QED) is 0.740. The number of aliphatic hydroxyl groups is 1. The highest BCUT2D eigenvalue weighted by molar-refractivity contribution is 9.11. The Morgan fingerprint density at radius 3 is 2.32 bits per heavy atom. The molecule has 0 unspecified atom stereocenters. The minimum absolute atomic E-state index is 0.107. The standard InChI is InChI=1S/C14H21Br2NO2/c1-14(2,4-5-18)9-17-8-10-6-11(15)13(19-3)12(16)7-10/h6-7,17-18H,4-5,8-9H2,1-3H3. The summed E-state index contributed by atoms with van der Waals surface area (Å²) in [4.78, 5) is 0. The number of rotatable bonds is 7. The zero-order valence-electron chi connectivity index (χ0n) is 11.6. The fourth-order valence-corrected chi connectivity index (χ4v) is 3.45. The normalized spacial score (nSPS) is 11.7. The van der Waals surface area contributed by atoms with Crippen molar-refractivity contribution in [1.82, 2.24) is 5.32 Å². The van der Waals surface area contributed by atoms with E-state index in [-0.39, 0.29) is 12.0 Å². The lowest BCUT2D eigenvalue weighted by atomic mass is 9.90. The molecule has 0 bridgehead atoms. The molecule has 0 radical (unpaired) electrons. The number of halogens is 2. The summed E-state index contributed by atoms with van der Waals surface area (Å²) in [6.45, 7) is 6.19. The molecule has 2 N–H and O–H groups in total. The third kappa shape index (κ3) is 5.42. The van der Waals surface area contributed by atoms with Crippen molar-refractivity contribution >= 4 is 31.9 Å². The first-order valence-corrected chi connectivity index (χ1v) is 7.82. The predicted molar refractivity (Wildman–Crippen MR) is 85.6 cm³/mol. The second kappa shape index (κ2) is 7.62. The van der Waals surface area contributed by atoms with Gasteiger partial charge in [-0.3, -0.25) is 0 Å². The second-order valence-corrected chi connectivity index (χ2v) is 7.04. The van der Waals surface area contributed by atoms with E-state index in [1.807, 2.05) is 0 Å². The fourth-order valence-electron chi connectivity index (χ4n) is 1.85. The second-order valence-electron chi connectivity index (χ2n) is 5.33.